The van der Waals surface area contributed by atoms with E-state index in [0.29, 0.717) is 32.0 Å². The molecule has 6 heteroatoms. The predicted molar refractivity (Wildman–Crippen MR) is 80.3 cm³/mol. The summed E-state index contributed by atoms with van der Waals surface area (Å²) < 4.78 is 0. The van der Waals surface area contributed by atoms with Gasteiger partial charge >= 0.3 is 0 Å². The maximum absolute atomic E-state index is 12.0. The van der Waals surface area contributed by atoms with Crippen LogP contribution in [0.1, 0.15) is 10.4 Å². The molecule has 2 rings (SSSR count). The van der Waals surface area contributed by atoms with Crippen LogP contribution in [0, 0.1) is 0 Å². The predicted octanol–water partition coefficient (Wildman–Crippen LogP) is 4.48. The molecule has 2 aromatic rings. The van der Waals surface area contributed by atoms with Gasteiger partial charge in [-0.2, -0.15) is 0 Å². The number of anilines is 2. The van der Waals surface area contributed by atoms with Crippen LogP contribution in [0.4, 0.5) is 11.4 Å². The van der Waals surface area contributed by atoms with E-state index in [4.69, 9.17) is 40.5 Å². The molecule has 0 spiro atoms. The molecule has 0 unspecified atom stereocenters. The lowest BCUT2D eigenvalue weighted by atomic mass is 10.2. The molecule has 0 fully saturated rings. The summed E-state index contributed by atoms with van der Waals surface area (Å²) in [6.45, 7) is 0. The lowest BCUT2D eigenvalue weighted by Gasteiger charge is -2.07. The second-order valence-corrected chi connectivity index (χ2v) is 5.04. The van der Waals surface area contributed by atoms with Crippen LogP contribution in [0.25, 0.3) is 0 Å². The number of nitrogens with one attached hydrogen (secondary N) is 1. The monoisotopic (exact) mass is 314 g/mol. The van der Waals surface area contributed by atoms with Gasteiger partial charge in [0, 0.05) is 11.3 Å². The van der Waals surface area contributed by atoms with Crippen molar-refractivity contribution in [3.8, 4) is 0 Å². The van der Waals surface area contributed by atoms with Gasteiger partial charge in [0.1, 0.15) is 0 Å². The molecule has 0 aromatic heterocycles. The summed E-state index contributed by atoms with van der Waals surface area (Å²) in [5, 5.41) is 3.90. The zero-order chi connectivity index (χ0) is 14.0. The van der Waals surface area contributed by atoms with Gasteiger partial charge in [0.05, 0.1) is 20.8 Å². The Balaban J connectivity index is 2.20. The summed E-state index contributed by atoms with van der Waals surface area (Å²) in [4.78, 5) is 12.0. The number of halogens is 3. The smallest absolute Gasteiger partial charge is 0.255 e. The molecule has 0 aliphatic rings. The van der Waals surface area contributed by atoms with Gasteiger partial charge in [-0.3, -0.25) is 4.79 Å². The maximum atomic E-state index is 12.0. The molecule has 98 valence electrons. The number of hydrogen-bond acceptors (Lipinski definition) is 2. The van der Waals surface area contributed by atoms with E-state index >= 15 is 0 Å². The van der Waals surface area contributed by atoms with E-state index < -0.39 is 0 Å². The van der Waals surface area contributed by atoms with E-state index in [0.717, 1.165) is 0 Å². The Labute approximate surface area is 125 Å². The summed E-state index contributed by atoms with van der Waals surface area (Å²) >= 11 is 17.5. The number of rotatable bonds is 2. The average Bonchev–Trinajstić information content (AvgIpc) is 2.37. The Kier molecular flexibility index (Phi) is 4.20. The Morgan fingerprint density at radius 2 is 1.63 bits per heavy atom. The van der Waals surface area contributed by atoms with E-state index in [1.54, 1.807) is 30.3 Å². The fraction of sp³-hybridized carbons (Fsp3) is 0. The van der Waals surface area contributed by atoms with E-state index in [1.165, 1.54) is 6.07 Å². The van der Waals surface area contributed by atoms with Gasteiger partial charge in [-0.1, -0.05) is 34.8 Å². The summed E-state index contributed by atoms with van der Waals surface area (Å²) in [5.74, 6) is -0.304. The normalized spacial score (nSPS) is 10.3. The zero-order valence-corrected chi connectivity index (χ0v) is 11.9. The first kappa shape index (κ1) is 14.0. The van der Waals surface area contributed by atoms with E-state index in [-0.39, 0.29) is 5.91 Å². The standard InChI is InChI=1S/C13H9Cl3N2O/c14-9-4-2-8(6-11(9)16)18-13(19)7-1-3-10(15)12(17)5-7/h1-6H,17H2,(H,18,19). The van der Waals surface area contributed by atoms with E-state index in [2.05, 4.69) is 5.32 Å². The molecule has 2 aromatic carbocycles. The summed E-state index contributed by atoms with van der Waals surface area (Å²) in [5.41, 5.74) is 6.95. The van der Waals surface area contributed by atoms with Crippen molar-refractivity contribution in [2.45, 2.75) is 0 Å². The Bertz CT molecular complexity index is 644. The lowest BCUT2D eigenvalue weighted by Crippen LogP contribution is -2.12. The first-order valence-corrected chi connectivity index (χ1v) is 6.42. The summed E-state index contributed by atoms with van der Waals surface area (Å²) in [7, 11) is 0. The number of nitrogen functional groups attached to an aromatic ring is 1. The molecule has 0 bridgehead atoms. The van der Waals surface area contributed by atoms with Crippen molar-refractivity contribution in [2.75, 3.05) is 11.1 Å². The molecule has 0 saturated heterocycles. The van der Waals surface area contributed by atoms with Gasteiger partial charge in [0.25, 0.3) is 5.91 Å². The van der Waals surface area contributed by atoms with Crippen molar-refractivity contribution in [2.24, 2.45) is 0 Å². The van der Waals surface area contributed by atoms with Crippen LogP contribution in [-0.2, 0) is 0 Å². The van der Waals surface area contributed by atoms with Gasteiger partial charge < -0.3 is 11.1 Å². The second-order valence-electron chi connectivity index (χ2n) is 3.82. The molecule has 0 aliphatic heterocycles. The SMILES string of the molecule is Nc1cc(C(=O)Nc2ccc(Cl)c(Cl)c2)ccc1Cl. The number of carbonyl (C=O) groups is 1. The van der Waals surface area contributed by atoms with Crippen LogP contribution < -0.4 is 11.1 Å². The first-order valence-electron chi connectivity index (χ1n) is 5.29. The highest BCUT2D eigenvalue weighted by atomic mass is 35.5. The Hall–Kier alpha value is -1.42. The number of hydrogen-bond donors (Lipinski definition) is 2. The fourth-order valence-electron chi connectivity index (χ4n) is 1.46. The third kappa shape index (κ3) is 3.32. The molecule has 3 N–H and O–H groups in total. The minimum Gasteiger partial charge on any atom is -0.398 e. The van der Waals surface area contributed by atoms with E-state index in [1.807, 2.05) is 0 Å². The van der Waals surface area contributed by atoms with Crippen molar-refractivity contribution in [3.63, 3.8) is 0 Å². The van der Waals surface area contributed by atoms with E-state index in [9.17, 15) is 4.79 Å². The van der Waals surface area contributed by atoms with Crippen molar-refractivity contribution >= 4 is 52.1 Å². The van der Waals surface area contributed by atoms with Crippen molar-refractivity contribution in [3.05, 3.63) is 57.0 Å². The third-order valence-corrected chi connectivity index (χ3v) is 3.52. The summed E-state index contributed by atoms with van der Waals surface area (Å²) in [6, 6.07) is 9.50. The molecule has 0 heterocycles. The number of nitrogens with two attached hydrogens (primary N) is 1. The first-order chi connectivity index (χ1) is 8.97. The molecule has 3 nitrogen and oxygen atoms in total. The molecule has 19 heavy (non-hydrogen) atoms. The van der Waals surface area contributed by atoms with Gasteiger partial charge in [-0.05, 0) is 36.4 Å². The average molecular weight is 316 g/mol. The van der Waals surface area contributed by atoms with Crippen LogP contribution in [0.5, 0.6) is 0 Å². The Morgan fingerprint density at radius 3 is 2.26 bits per heavy atom. The molecular weight excluding hydrogens is 307 g/mol. The molecule has 0 radical (unpaired) electrons. The van der Waals surface area contributed by atoms with Crippen molar-refractivity contribution in [1.29, 1.82) is 0 Å². The molecule has 0 atom stereocenters. The Morgan fingerprint density at radius 1 is 0.947 bits per heavy atom. The van der Waals surface area contributed by atoms with Crippen LogP contribution in [0.3, 0.4) is 0 Å². The highest BCUT2D eigenvalue weighted by Gasteiger charge is 2.09. The summed E-state index contributed by atoms with van der Waals surface area (Å²) in [6.07, 6.45) is 0. The minimum absolute atomic E-state index is 0.304. The van der Waals surface area contributed by atoms with Crippen LogP contribution in [0.15, 0.2) is 36.4 Å². The zero-order valence-electron chi connectivity index (χ0n) is 9.58. The second kappa shape index (κ2) is 5.70. The molecular formula is C13H9Cl3N2O. The largest absolute Gasteiger partial charge is 0.398 e. The van der Waals surface area contributed by atoms with Gasteiger partial charge in [0.15, 0.2) is 0 Å². The van der Waals surface area contributed by atoms with Crippen LogP contribution in [0.2, 0.25) is 15.1 Å². The van der Waals surface area contributed by atoms with Gasteiger partial charge in [-0.25, -0.2) is 0 Å². The minimum atomic E-state index is -0.304. The number of benzene rings is 2. The quantitative estimate of drug-likeness (QED) is 0.803. The molecule has 1 amide bonds. The topological polar surface area (TPSA) is 55.1 Å². The van der Waals surface area contributed by atoms with Gasteiger partial charge in [-0.15, -0.1) is 0 Å². The van der Waals surface area contributed by atoms with Crippen LogP contribution in [-0.4, -0.2) is 5.91 Å². The fourth-order valence-corrected chi connectivity index (χ4v) is 1.88. The highest BCUT2D eigenvalue weighted by molar-refractivity contribution is 6.42. The maximum Gasteiger partial charge on any atom is 0.255 e. The number of amides is 1. The van der Waals surface area contributed by atoms with Crippen molar-refractivity contribution < 1.29 is 4.79 Å². The highest BCUT2D eigenvalue weighted by Crippen LogP contribution is 2.26. The lowest BCUT2D eigenvalue weighted by molar-refractivity contribution is 0.102. The van der Waals surface area contributed by atoms with Crippen molar-refractivity contribution in [1.82, 2.24) is 0 Å². The molecule has 0 saturated carbocycles. The van der Waals surface area contributed by atoms with Gasteiger partial charge in [0.2, 0.25) is 0 Å². The molecule has 0 aliphatic carbocycles. The van der Waals surface area contributed by atoms with Crippen LogP contribution >= 0.6 is 34.8 Å². The third-order valence-electron chi connectivity index (χ3n) is 2.44. The number of carbonyl (C=O) groups excluding carboxylic acids is 1.